The number of esters is 1. The molecule has 5 heteroatoms. The molecule has 0 aromatic heterocycles. The monoisotopic (exact) mass is 412 g/mol. The van der Waals surface area contributed by atoms with Gasteiger partial charge in [0.1, 0.15) is 12.4 Å². The fourth-order valence-electron chi connectivity index (χ4n) is 1.64. The molecule has 2 aromatic rings. The normalized spacial score (nSPS) is 10.2. The topological polar surface area (TPSA) is 35.5 Å². The summed E-state index contributed by atoms with van der Waals surface area (Å²) in [5, 5.41) is 0. The second-order valence-electron chi connectivity index (χ2n) is 4.32. The second kappa shape index (κ2) is 8.20. The highest BCUT2D eigenvalue weighted by Gasteiger charge is 2.06. The summed E-state index contributed by atoms with van der Waals surface area (Å²) in [4.78, 5) is 11.6. The summed E-state index contributed by atoms with van der Waals surface area (Å²) in [7, 11) is 0. The van der Waals surface area contributed by atoms with Gasteiger partial charge in [0.2, 0.25) is 0 Å². The first kappa shape index (κ1) is 16.0. The van der Waals surface area contributed by atoms with E-state index in [1.165, 1.54) is 0 Å². The summed E-state index contributed by atoms with van der Waals surface area (Å²) < 4.78 is 12.5. The zero-order valence-corrected chi connectivity index (χ0v) is 14.4. The van der Waals surface area contributed by atoms with E-state index in [1.807, 2.05) is 48.5 Å². The van der Waals surface area contributed by atoms with Crippen molar-refractivity contribution < 1.29 is 14.3 Å². The lowest BCUT2D eigenvalue weighted by atomic mass is 10.2. The van der Waals surface area contributed by atoms with Crippen molar-refractivity contribution in [1.82, 2.24) is 0 Å². The van der Waals surface area contributed by atoms with E-state index >= 15 is 0 Å². The second-order valence-corrected chi connectivity index (χ2v) is 6.09. The number of hydrogen-bond acceptors (Lipinski definition) is 3. The zero-order valence-electron chi connectivity index (χ0n) is 11.2. The Morgan fingerprint density at radius 3 is 2.57 bits per heavy atom. The van der Waals surface area contributed by atoms with E-state index in [-0.39, 0.29) is 19.0 Å². The molecule has 0 heterocycles. The Bertz CT molecular complexity index is 600. The van der Waals surface area contributed by atoms with Crippen LogP contribution in [0, 0.1) is 0 Å². The maximum atomic E-state index is 11.6. The molecule has 0 radical (unpaired) electrons. The first-order chi connectivity index (χ1) is 10.1. The van der Waals surface area contributed by atoms with Crippen LogP contribution in [0.15, 0.2) is 57.5 Å². The summed E-state index contributed by atoms with van der Waals surface area (Å²) in [6, 6.07) is 15.2. The van der Waals surface area contributed by atoms with Crippen molar-refractivity contribution in [2.24, 2.45) is 0 Å². The molecular weight excluding hydrogens is 400 g/mol. The van der Waals surface area contributed by atoms with Gasteiger partial charge in [-0.15, -0.1) is 0 Å². The minimum Gasteiger partial charge on any atom is -0.492 e. The van der Waals surface area contributed by atoms with Gasteiger partial charge in [-0.05, 0) is 39.7 Å². The van der Waals surface area contributed by atoms with Gasteiger partial charge in [-0.25, -0.2) is 0 Å². The molecule has 2 rings (SSSR count). The average molecular weight is 414 g/mol. The smallest absolute Gasteiger partial charge is 0.309 e. The highest BCUT2D eigenvalue weighted by Crippen LogP contribution is 2.28. The van der Waals surface area contributed by atoms with Crippen molar-refractivity contribution in [2.75, 3.05) is 6.61 Å². The Morgan fingerprint density at radius 1 is 1.05 bits per heavy atom. The predicted molar refractivity (Wildman–Crippen MR) is 88.2 cm³/mol. The molecule has 21 heavy (non-hydrogen) atoms. The summed E-state index contributed by atoms with van der Waals surface area (Å²) in [6.45, 7) is 0.572. The Morgan fingerprint density at radius 2 is 1.81 bits per heavy atom. The molecule has 0 amide bonds. The lowest BCUT2D eigenvalue weighted by Gasteiger charge is -2.09. The van der Waals surface area contributed by atoms with Crippen molar-refractivity contribution >= 4 is 37.8 Å². The fourth-order valence-corrected chi connectivity index (χ4v) is 2.34. The number of ether oxygens (including phenoxy) is 2. The van der Waals surface area contributed by atoms with Crippen LogP contribution in [0.2, 0.25) is 0 Å². The number of carbonyl (C=O) groups excluding carboxylic acids is 1. The molecule has 0 N–H and O–H groups in total. The number of rotatable bonds is 6. The van der Waals surface area contributed by atoms with Crippen molar-refractivity contribution in [3.05, 3.63) is 63.0 Å². The van der Waals surface area contributed by atoms with E-state index in [2.05, 4.69) is 31.9 Å². The summed E-state index contributed by atoms with van der Waals surface area (Å²) in [6.07, 6.45) is 0.214. The molecule has 0 aliphatic rings. The van der Waals surface area contributed by atoms with Gasteiger partial charge in [0.25, 0.3) is 0 Å². The molecule has 110 valence electrons. The SMILES string of the molecule is O=C(CCOc1cc(Br)ccc1Br)OCc1ccccc1. The van der Waals surface area contributed by atoms with Crippen LogP contribution in [0.25, 0.3) is 0 Å². The molecule has 0 unspecified atom stereocenters. The molecule has 0 saturated carbocycles. The van der Waals surface area contributed by atoms with E-state index in [9.17, 15) is 4.79 Å². The number of benzene rings is 2. The third kappa shape index (κ3) is 5.52. The van der Waals surface area contributed by atoms with Crippen LogP contribution in [-0.2, 0) is 16.1 Å². The Kier molecular flexibility index (Phi) is 6.26. The molecule has 0 saturated heterocycles. The molecule has 0 fully saturated rings. The van der Waals surface area contributed by atoms with Crippen LogP contribution >= 0.6 is 31.9 Å². The van der Waals surface area contributed by atoms with Gasteiger partial charge in [-0.3, -0.25) is 4.79 Å². The minimum absolute atomic E-state index is 0.214. The average Bonchev–Trinajstić information content (AvgIpc) is 2.50. The molecule has 0 atom stereocenters. The Balaban J connectivity index is 1.73. The standard InChI is InChI=1S/C16H14Br2O3/c17-13-6-7-14(18)15(10-13)20-9-8-16(19)21-11-12-4-2-1-3-5-12/h1-7,10H,8-9,11H2. The van der Waals surface area contributed by atoms with Crippen molar-refractivity contribution in [1.29, 1.82) is 0 Å². The number of carbonyl (C=O) groups is 1. The minimum atomic E-state index is -0.273. The van der Waals surface area contributed by atoms with Gasteiger partial charge in [0.05, 0.1) is 17.5 Å². The quantitative estimate of drug-likeness (QED) is 0.642. The van der Waals surface area contributed by atoms with E-state index in [1.54, 1.807) is 0 Å². The zero-order chi connectivity index (χ0) is 15.1. The van der Waals surface area contributed by atoms with E-state index < -0.39 is 0 Å². The van der Waals surface area contributed by atoms with Crippen LogP contribution in [0.1, 0.15) is 12.0 Å². The molecule has 0 aliphatic heterocycles. The Labute approximate surface area is 140 Å². The van der Waals surface area contributed by atoms with Crippen LogP contribution in [-0.4, -0.2) is 12.6 Å². The molecule has 0 spiro atoms. The van der Waals surface area contributed by atoms with E-state index in [4.69, 9.17) is 9.47 Å². The lowest BCUT2D eigenvalue weighted by Crippen LogP contribution is -2.10. The number of hydrogen-bond donors (Lipinski definition) is 0. The van der Waals surface area contributed by atoms with Crippen molar-refractivity contribution in [2.45, 2.75) is 13.0 Å². The molecular formula is C16H14Br2O3. The maximum Gasteiger partial charge on any atom is 0.309 e. The van der Waals surface area contributed by atoms with Gasteiger partial charge >= 0.3 is 5.97 Å². The largest absolute Gasteiger partial charge is 0.492 e. The number of halogens is 2. The molecule has 0 aliphatic carbocycles. The van der Waals surface area contributed by atoms with Crippen LogP contribution in [0.5, 0.6) is 5.75 Å². The predicted octanol–water partition coefficient (Wildman–Crippen LogP) is 4.72. The van der Waals surface area contributed by atoms with Crippen LogP contribution < -0.4 is 4.74 Å². The third-order valence-electron chi connectivity index (χ3n) is 2.70. The maximum absolute atomic E-state index is 11.6. The third-order valence-corrected chi connectivity index (χ3v) is 3.85. The van der Waals surface area contributed by atoms with Crippen molar-refractivity contribution in [3.63, 3.8) is 0 Å². The lowest BCUT2D eigenvalue weighted by molar-refractivity contribution is -0.145. The first-order valence-electron chi connectivity index (χ1n) is 6.42. The highest BCUT2D eigenvalue weighted by molar-refractivity contribution is 9.11. The summed E-state index contributed by atoms with van der Waals surface area (Å²) in [5.74, 6) is 0.421. The van der Waals surface area contributed by atoms with E-state index in [0.29, 0.717) is 12.4 Å². The van der Waals surface area contributed by atoms with Gasteiger partial charge in [-0.1, -0.05) is 46.3 Å². The van der Waals surface area contributed by atoms with Gasteiger partial charge in [0, 0.05) is 4.47 Å². The van der Waals surface area contributed by atoms with Gasteiger partial charge in [0.15, 0.2) is 0 Å². The van der Waals surface area contributed by atoms with Crippen LogP contribution in [0.3, 0.4) is 0 Å². The summed E-state index contributed by atoms with van der Waals surface area (Å²) in [5.41, 5.74) is 0.974. The molecule has 3 nitrogen and oxygen atoms in total. The van der Waals surface area contributed by atoms with Gasteiger partial charge in [-0.2, -0.15) is 0 Å². The molecule has 0 bridgehead atoms. The first-order valence-corrected chi connectivity index (χ1v) is 8.01. The Hall–Kier alpha value is -1.33. The van der Waals surface area contributed by atoms with Crippen LogP contribution in [0.4, 0.5) is 0 Å². The summed E-state index contributed by atoms with van der Waals surface area (Å²) >= 11 is 6.77. The molecule has 2 aromatic carbocycles. The fraction of sp³-hybridized carbons (Fsp3) is 0.188. The van der Waals surface area contributed by atoms with Gasteiger partial charge < -0.3 is 9.47 Å². The highest BCUT2D eigenvalue weighted by atomic mass is 79.9. The van der Waals surface area contributed by atoms with E-state index in [0.717, 1.165) is 14.5 Å². The van der Waals surface area contributed by atoms with Crippen molar-refractivity contribution in [3.8, 4) is 5.75 Å².